The van der Waals surface area contributed by atoms with Crippen LogP contribution in [-0.2, 0) is 23.8 Å². The quantitative estimate of drug-likeness (QED) is 0.252. The second kappa shape index (κ2) is 11.5. The summed E-state index contributed by atoms with van der Waals surface area (Å²) in [6.07, 6.45) is 2.86. The number of ether oxygens (including phenoxy) is 3. The Bertz CT molecular complexity index is 283. The van der Waals surface area contributed by atoms with Crippen molar-refractivity contribution in [2.75, 3.05) is 26.4 Å². The predicted octanol–water partition coefficient (Wildman–Crippen LogP) is 2.35. The second-order valence-electron chi connectivity index (χ2n) is 4.55. The van der Waals surface area contributed by atoms with Crippen LogP contribution in [0, 0.1) is 11.8 Å². The van der Waals surface area contributed by atoms with Gasteiger partial charge in [0.1, 0.15) is 0 Å². The van der Waals surface area contributed by atoms with E-state index in [0.717, 1.165) is 6.42 Å². The fraction of sp³-hybridized carbons (Fsp3) is 0.733. The van der Waals surface area contributed by atoms with Gasteiger partial charge in [-0.1, -0.05) is 13.0 Å². The molecule has 0 radical (unpaired) electrons. The molecule has 20 heavy (non-hydrogen) atoms. The van der Waals surface area contributed by atoms with E-state index >= 15 is 0 Å². The van der Waals surface area contributed by atoms with E-state index in [1.54, 1.807) is 19.9 Å². The van der Waals surface area contributed by atoms with Crippen LogP contribution in [0.5, 0.6) is 0 Å². The Morgan fingerprint density at radius 1 is 1.15 bits per heavy atom. The standard InChI is InChI=1S/C15H26O5/c1-5-9-18-10-8-12(4)11-13(14(16)19-6-2)15(17)20-7-3/h5,12-13H,1,6-11H2,2-4H3. The van der Waals surface area contributed by atoms with E-state index in [1.165, 1.54) is 0 Å². The molecule has 0 saturated carbocycles. The highest BCUT2D eigenvalue weighted by molar-refractivity contribution is 5.94. The molecule has 0 fully saturated rings. The molecule has 0 aromatic rings. The van der Waals surface area contributed by atoms with Crippen molar-refractivity contribution < 1.29 is 23.8 Å². The van der Waals surface area contributed by atoms with Crippen LogP contribution in [0.3, 0.4) is 0 Å². The Hall–Kier alpha value is -1.36. The molecule has 0 saturated heterocycles. The molecule has 5 heteroatoms. The molecule has 5 nitrogen and oxygen atoms in total. The van der Waals surface area contributed by atoms with Gasteiger partial charge in [0, 0.05) is 6.61 Å². The molecule has 0 heterocycles. The van der Waals surface area contributed by atoms with Crippen LogP contribution >= 0.6 is 0 Å². The zero-order chi connectivity index (χ0) is 15.4. The Morgan fingerprint density at radius 2 is 1.70 bits per heavy atom. The largest absolute Gasteiger partial charge is 0.465 e. The summed E-state index contributed by atoms with van der Waals surface area (Å²) in [7, 11) is 0. The maximum atomic E-state index is 11.8. The number of carbonyl (C=O) groups is 2. The van der Waals surface area contributed by atoms with Crippen molar-refractivity contribution in [3.05, 3.63) is 12.7 Å². The number of rotatable bonds is 11. The minimum Gasteiger partial charge on any atom is -0.465 e. The van der Waals surface area contributed by atoms with Crippen LogP contribution < -0.4 is 0 Å². The van der Waals surface area contributed by atoms with Gasteiger partial charge in [-0.3, -0.25) is 9.59 Å². The molecule has 116 valence electrons. The smallest absolute Gasteiger partial charge is 0.320 e. The summed E-state index contributed by atoms with van der Waals surface area (Å²) in [6, 6.07) is 0. The molecule has 0 spiro atoms. The summed E-state index contributed by atoms with van der Waals surface area (Å²) < 4.78 is 15.2. The first-order valence-electron chi connectivity index (χ1n) is 7.08. The van der Waals surface area contributed by atoms with Gasteiger partial charge in [0.2, 0.25) is 0 Å². The molecule has 0 rings (SSSR count). The molecular formula is C15H26O5. The van der Waals surface area contributed by atoms with Crippen molar-refractivity contribution in [2.45, 2.75) is 33.6 Å². The van der Waals surface area contributed by atoms with Crippen LogP contribution in [-0.4, -0.2) is 38.4 Å². The number of hydrogen-bond acceptors (Lipinski definition) is 5. The first-order chi connectivity index (χ1) is 9.56. The van der Waals surface area contributed by atoms with Gasteiger partial charge in [-0.15, -0.1) is 6.58 Å². The molecule has 0 aliphatic carbocycles. The van der Waals surface area contributed by atoms with Crippen LogP contribution in [0.4, 0.5) is 0 Å². The lowest BCUT2D eigenvalue weighted by molar-refractivity contribution is -0.162. The molecule has 0 aliphatic heterocycles. The molecule has 1 atom stereocenters. The summed E-state index contributed by atoms with van der Waals surface area (Å²) in [5.74, 6) is -1.70. The Balaban J connectivity index is 4.35. The first-order valence-corrected chi connectivity index (χ1v) is 7.08. The maximum Gasteiger partial charge on any atom is 0.320 e. The first kappa shape index (κ1) is 18.6. The third kappa shape index (κ3) is 7.94. The highest BCUT2D eigenvalue weighted by Crippen LogP contribution is 2.18. The molecular weight excluding hydrogens is 260 g/mol. The maximum absolute atomic E-state index is 11.8. The summed E-state index contributed by atoms with van der Waals surface area (Å²) in [6.45, 7) is 10.6. The van der Waals surface area contributed by atoms with E-state index < -0.39 is 17.9 Å². The van der Waals surface area contributed by atoms with E-state index in [0.29, 0.717) is 19.6 Å². The van der Waals surface area contributed by atoms with Crippen LogP contribution in [0.25, 0.3) is 0 Å². The Labute approximate surface area is 121 Å². The Morgan fingerprint density at radius 3 is 2.15 bits per heavy atom. The highest BCUT2D eigenvalue weighted by atomic mass is 16.6. The zero-order valence-electron chi connectivity index (χ0n) is 12.7. The lowest BCUT2D eigenvalue weighted by atomic mass is 9.93. The second-order valence-corrected chi connectivity index (χ2v) is 4.55. The van der Waals surface area contributed by atoms with Crippen LogP contribution in [0.15, 0.2) is 12.7 Å². The van der Waals surface area contributed by atoms with Gasteiger partial charge in [-0.05, 0) is 32.6 Å². The lowest BCUT2D eigenvalue weighted by Gasteiger charge is -2.18. The van der Waals surface area contributed by atoms with E-state index in [2.05, 4.69) is 6.58 Å². The van der Waals surface area contributed by atoms with Gasteiger partial charge in [-0.25, -0.2) is 0 Å². The van der Waals surface area contributed by atoms with Gasteiger partial charge >= 0.3 is 11.9 Å². The van der Waals surface area contributed by atoms with Gasteiger partial charge in [0.25, 0.3) is 0 Å². The minimum absolute atomic E-state index is 0.165. The van der Waals surface area contributed by atoms with Crippen molar-refractivity contribution in [3.8, 4) is 0 Å². The van der Waals surface area contributed by atoms with Crippen molar-refractivity contribution >= 4 is 11.9 Å². The van der Waals surface area contributed by atoms with E-state index in [1.807, 2.05) is 6.92 Å². The van der Waals surface area contributed by atoms with Crippen LogP contribution in [0.1, 0.15) is 33.6 Å². The minimum atomic E-state index is -0.843. The average Bonchev–Trinajstić information content (AvgIpc) is 2.41. The highest BCUT2D eigenvalue weighted by Gasteiger charge is 2.30. The van der Waals surface area contributed by atoms with Crippen molar-refractivity contribution in [1.82, 2.24) is 0 Å². The molecule has 0 aromatic heterocycles. The van der Waals surface area contributed by atoms with Crippen molar-refractivity contribution in [2.24, 2.45) is 11.8 Å². The van der Waals surface area contributed by atoms with Crippen LogP contribution in [0.2, 0.25) is 0 Å². The van der Waals surface area contributed by atoms with Gasteiger partial charge in [0.05, 0.1) is 19.8 Å². The van der Waals surface area contributed by atoms with Gasteiger partial charge < -0.3 is 14.2 Å². The van der Waals surface area contributed by atoms with Crippen molar-refractivity contribution in [1.29, 1.82) is 0 Å². The van der Waals surface area contributed by atoms with E-state index in [9.17, 15) is 9.59 Å². The van der Waals surface area contributed by atoms with E-state index in [-0.39, 0.29) is 19.1 Å². The van der Waals surface area contributed by atoms with E-state index in [4.69, 9.17) is 14.2 Å². The topological polar surface area (TPSA) is 61.8 Å². The lowest BCUT2D eigenvalue weighted by Crippen LogP contribution is -2.30. The summed E-state index contributed by atoms with van der Waals surface area (Å²) in [5.41, 5.74) is 0. The SMILES string of the molecule is C=CCOCCC(C)CC(C(=O)OCC)C(=O)OCC. The fourth-order valence-corrected chi connectivity index (χ4v) is 1.75. The fourth-order valence-electron chi connectivity index (χ4n) is 1.75. The van der Waals surface area contributed by atoms with Gasteiger partial charge in [0.15, 0.2) is 5.92 Å². The number of esters is 2. The molecule has 0 aromatic carbocycles. The van der Waals surface area contributed by atoms with Crippen molar-refractivity contribution in [3.63, 3.8) is 0 Å². The van der Waals surface area contributed by atoms with Gasteiger partial charge in [-0.2, -0.15) is 0 Å². The molecule has 1 unspecified atom stereocenters. The third-order valence-electron chi connectivity index (χ3n) is 2.77. The summed E-state index contributed by atoms with van der Waals surface area (Å²) in [4.78, 5) is 23.6. The molecule has 0 bridgehead atoms. The third-order valence-corrected chi connectivity index (χ3v) is 2.77. The molecule has 0 N–H and O–H groups in total. The summed E-state index contributed by atoms with van der Waals surface area (Å²) >= 11 is 0. The molecule has 0 amide bonds. The average molecular weight is 286 g/mol. The monoisotopic (exact) mass is 286 g/mol. The Kier molecular flexibility index (Phi) is 10.7. The number of carbonyl (C=O) groups excluding carboxylic acids is 2. The normalized spacial score (nSPS) is 12.0. The molecule has 0 aliphatic rings. The zero-order valence-corrected chi connectivity index (χ0v) is 12.7. The predicted molar refractivity (Wildman–Crippen MR) is 76.2 cm³/mol. The number of hydrogen-bond donors (Lipinski definition) is 0. The summed E-state index contributed by atoms with van der Waals surface area (Å²) in [5, 5.41) is 0.